The van der Waals surface area contributed by atoms with E-state index in [1.807, 2.05) is 7.11 Å². The lowest BCUT2D eigenvalue weighted by Crippen LogP contribution is -2.41. The summed E-state index contributed by atoms with van der Waals surface area (Å²) in [6.45, 7) is 1.16. The average Bonchev–Trinajstić information content (AvgIpc) is 3.18. The van der Waals surface area contributed by atoms with Gasteiger partial charge >= 0.3 is 7.05 Å². The Morgan fingerprint density at radius 3 is 2.14 bits per heavy atom. The van der Waals surface area contributed by atoms with Crippen LogP contribution in [0.5, 0.6) is 0 Å². The van der Waals surface area contributed by atoms with Gasteiger partial charge in [-0.15, -0.1) is 0 Å². The topological polar surface area (TPSA) is 12.5 Å². The molecule has 4 rings (SSSR count). The van der Waals surface area contributed by atoms with Crippen molar-refractivity contribution in [3.8, 4) is 0 Å². The molecule has 3 heteroatoms. The number of nitrogens with zero attached hydrogens (tertiary/aromatic N) is 1. The van der Waals surface area contributed by atoms with E-state index < -0.39 is 0 Å². The number of fused-ring (bicyclic) bond motifs is 1. The highest BCUT2D eigenvalue weighted by Crippen LogP contribution is 2.51. The predicted octanol–water partition coefficient (Wildman–Crippen LogP) is 3.59. The summed E-state index contributed by atoms with van der Waals surface area (Å²) >= 11 is 0. The summed E-state index contributed by atoms with van der Waals surface area (Å²) in [5.74, 6) is 0. The van der Waals surface area contributed by atoms with E-state index >= 15 is 0 Å². The zero-order valence-electron chi connectivity index (χ0n) is 13.1. The molecule has 2 heterocycles. The van der Waals surface area contributed by atoms with Gasteiger partial charge in [-0.25, -0.2) is 0 Å². The Hall–Kier alpha value is -1.58. The Labute approximate surface area is 133 Å². The summed E-state index contributed by atoms with van der Waals surface area (Å²) in [5.41, 5.74) is 2.91. The number of hydrogen-bond donors (Lipinski definition) is 0. The van der Waals surface area contributed by atoms with Crippen LogP contribution >= 0.6 is 0 Å². The SMILES string of the molecule is COB1CC(c2ccccc2)(c2ccccc2)[C@@H]2CCCN12. The van der Waals surface area contributed by atoms with Crippen LogP contribution in [0.4, 0.5) is 0 Å². The maximum absolute atomic E-state index is 5.85. The highest BCUT2D eigenvalue weighted by Gasteiger charge is 2.57. The lowest BCUT2D eigenvalue weighted by molar-refractivity contribution is 0.303. The van der Waals surface area contributed by atoms with Crippen LogP contribution in [0.1, 0.15) is 24.0 Å². The van der Waals surface area contributed by atoms with Gasteiger partial charge in [0.25, 0.3) is 0 Å². The molecule has 0 amide bonds. The van der Waals surface area contributed by atoms with E-state index in [-0.39, 0.29) is 12.5 Å². The van der Waals surface area contributed by atoms with E-state index in [9.17, 15) is 0 Å². The van der Waals surface area contributed by atoms with E-state index in [2.05, 4.69) is 65.5 Å². The second-order valence-corrected chi connectivity index (χ2v) is 6.49. The molecule has 0 aliphatic carbocycles. The third-order valence-corrected chi connectivity index (χ3v) is 5.58. The first-order chi connectivity index (χ1) is 10.9. The average molecular weight is 291 g/mol. The molecule has 2 aromatic carbocycles. The molecular formula is C19H22BNO. The summed E-state index contributed by atoms with van der Waals surface area (Å²) in [5, 5.41) is 0. The second kappa shape index (κ2) is 5.56. The van der Waals surface area contributed by atoms with Crippen molar-refractivity contribution in [3.05, 3.63) is 71.8 Å². The van der Waals surface area contributed by atoms with Crippen molar-refractivity contribution in [3.63, 3.8) is 0 Å². The molecule has 0 aromatic heterocycles. The van der Waals surface area contributed by atoms with Gasteiger partial charge in [0, 0.05) is 18.6 Å². The van der Waals surface area contributed by atoms with Gasteiger partial charge in [-0.2, -0.15) is 0 Å². The van der Waals surface area contributed by atoms with Crippen molar-refractivity contribution >= 4 is 7.05 Å². The zero-order chi connectivity index (χ0) is 15.0. The molecule has 2 fully saturated rings. The molecule has 0 bridgehead atoms. The molecule has 22 heavy (non-hydrogen) atoms. The Morgan fingerprint density at radius 1 is 1.00 bits per heavy atom. The molecule has 2 nitrogen and oxygen atoms in total. The van der Waals surface area contributed by atoms with Crippen LogP contribution in [0.25, 0.3) is 0 Å². The smallest absolute Gasteiger partial charge is 0.383 e. The van der Waals surface area contributed by atoms with Crippen LogP contribution in [-0.4, -0.2) is 31.6 Å². The third-order valence-electron chi connectivity index (χ3n) is 5.58. The quantitative estimate of drug-likeness (QED) is 0.801. The molecule has 2 aliphatic rings. The minimum absolute atomic E-state index is 0.0553. The second-order valence-electron chi connectivity index (χ2n) is 6.49. The Morgan fingerprint density at radius 2 is 1.59 bits per heavy atom. The van der Waals surface area contributed by atoms with Crippen molar-refractivity contribution in [2.24, 2.45) is 0 Å². The minimum atomic E-state index is 0.0553. The van der Waals surface area contributed by atoms with Gasteiger partial charge in [0.05, 0.1) is 0 Å². The highest BCUT2D eigenvalue weighted by molar-refractivity contribution is 6.50. The standard InChI is InChI=1S/C19H22BNO/c1-22-20-15-19(16-9-4-2-5-10-16,17-11-6-3-7-12-17)18-13-8-14-21(18)20/h2-7,9-12,18H,8,13-15H2,1H3/t18-/m0/s1. The summed E-state index contributed by atoms with van der Waals surface area (Å²) in [6.07, 6.45) is 3.57. The van der Waals surface area contributed by atoms with Gasteiger partial charge in [0.1, 0.15) is 0 Å². The Bertz CT molecular complexity index is 591. The summed E-state index contributed by atoms with van der Waals surface area (Å²) < 4.78 is 5.85. The van der Waals surface area contributed by atoms with Gasteiger partial charge in [-0.3, -0.25) is 0 Å². The zero-order valence-corrected chi connectivity index (χ0v) is 13.1. The van der Waals surface area contributed by atoms with E-state index in [0.717, 1.165) is 12.9 Å². The monoisotopic (exact) mass is 291 g/mol. The van der Waals surface area contributed by atoms with Crippen LogP contribution < -0.4 is 0 Å². The van der Waals surface area contributed by atoms with Crippen LogP contribution in [0.15, 0.2) is 60.7 Å². The van der Waals surface area contributed by atoms with Crippen molar-refractivity contribution in [1.29, 1.82) is 0 Å². The Kier molecular flexibility index (Phi) is 3.55. The fraction of sp³-hybridized carbons (Fsp3) is 0.368. The van der Waals surface area contributed by atoms with Gasteiger partial charge < -0.3 is 9.47 Å². The highest BCUT2D eigenvalue weighted by atomic mass is 16.4. The minimum Gasteiger partial charge on any atom is -0.424 e. The molecule has 0 N–H and O–H groups in total. The molecule has 2 aromatic rings. The maximum Gasteiger partial charge on any atom is 0.383 e. The molecule has 112 valence electrons. The lowest BCUT2D eigenvalue weighted by atomic mass is 9.61. The first-order valence-electron chi connectivity index (χ1n) is 8.26. The molecule has 0 spiro atoms. The van der Waals surface area contributed by atoms with Gasteiger partial charge in [-0.1, -0.05) is 60.7 Å². The van der Waals surface area contributed by atoms with E-state index in [0.29, 0.717) is 6.04 Å². The van der Waals surface area contributed by atoms with Crippen LogP contribution in [0, 0.1) is 0 Å². The lowest BCUT2D eigenvalue weighted by Gasteiger charge is -2.37. The number of benzene rings is 2. The maximum atomic E-state index is 5.85. The summed E-state index contributed by atoms with van der Waals surface area (Å²) in [6, 6.07) is 22.6. The molecule has 2 saturated heterocycles. The largest absolute Gasteiger partial charge is 0.424 e. The van der Waals surface area contributed by atoms with Gasteiger partial charge in [-0.05, 0) is 36.8 Å². The first kappa shape index (κ1) is 14.0. The number of hydrogen-bond acceptors (Lipinski definition) is 2. The molecule has 0 saturated carbocycles. The normalized spacial score (nSPS) is 23.7. The van der Waals surface area contributed by atoms with Crippen molar-refractivity contribution in [2.45, 2.75) is 30.6 Å². The fourth-order valence-electron chi connectivity index (χ4n) is 4.67. The summed E-state index contributed by atoms with van der Waals surface area (Å²) in [4.78, 5) is 2.58. The molecule has 1 atom stereocenters. The molecule has 2 aliphatic heterocycles. The van der Waals surface area contributed by atoms with Crippen LogP contribution in [0.2, 0.25) is 6.32 Å². The van der Waals surface area contributed by atoms with E-state index in [1.165, 1.54) is 24.0 Å². The molecule has 0 radical (unpaired) electrons. The fourth-order valence-corrected chi connectivity index (χ4v) is 4.67. The Balaban J connectivity index is 1.90. The molecule has 0 unspecified atom stereocenters. The van der Waals surface area contributed by atoms with Gasteiger partial charge in [0.2, 0.25) is 0 Å². The first-order valence-corrected chi connectivity index (χ1v) is 8.26. The van der Waals surface area contributed by atoms with Crippen LogP contribution in [0.3, 0.4) is 0 Å². The third kappa shape index (κ3) is 1.96. The predicted molar refractivity (Wildman–Crippen MR) is 91.0 cm³/mol. The van der Waals surface area contributed by atoms with Gasteiger partial charge in [0.15, 0.2) is 0 Å². The van der Waals surface area contributed by atoms with Crippen LogP contribution in [-0.2, 0) is 10.1 Å². The van der Waals surface area contributed by atoms with E-state index in [4.69, 9.17) is 4.65 Å². The van der Waals surface area contributed by atoms with Crippen molar-refractivity contribution < 1.29 is 4.65 Å². The van der Waals surface area contributed by atoms with E-state index in [1.54, 1.807) is 0 Å². The van der Waals surface area contributed by atoms with Crippen molar-refractivity contribution in [1.82, 2.24) is 4.81 Å². The summed E-state index contributed by atoms with van der Waals surface area (Å²) in [7, 11) is 2.08. The number of rotatable bonds is 3. The van der Waals surface area contributed by atoms with Crippen molar-refractivity contribution in [2.75, 3.05) is 13.7 Å². The molecular weight excluding hydrogens is 269 g/mol.